The molecule has 1 aromatic heterocycles. The van der Waals surface area contributed by atoms with Crippen LogP contribution in [0.15, 0.2) is 52.5 Å². The first-order valence-corrected chi connectivity index (χ1v) is 15.7. The number of aryl methyl sites for hydroxylation is 2. The van der Waals surface area contributed by atoms with Crippen molar-refractivity contribution in [2.75, 3.05) is 25.5 Å². The van der Waals surface area contributed by atoms with Crippen LogP contribution in [0, 0.1) is 29.0 Å². The van der Waals surface area contributed by atoms with E-state index in [2.05, 4.69) is 55.1 Å². The second-order valence-corrected chi connectivity index (χ2v) is 13.7. The summed E-state index contributed by atoms with van der Waals surface area (Å²) in [6, 6.07) is 11.5. The zero-order valence-electron chi connectivity index (χ0n) is 26.2. The molecule has 2 aromatic carbocycles. The lowest BCUT2D eigenvalue weighted by Gasteiger charge is -2.61. The van der Waals surface area contributed by atoms with E-state index in [0.29, 0.717) is 64.6 Å². The highest BCUT2D eigenvalue weighted by Crippen LogP contribution is 2.61. The van der Waals surface area contributed by atoms with Gasteiger partial charge in [0.05, 0.1) is 30.4 Å². The molecule has 6 atom stereocenters. The number of aliphatic imine (C=N–C) groups is 1. The summed E-state index contributed by atoms with van der Waals surface area (Å²) in [6.07, 6.45) is 4.39. The number of piperazine rings is 1. The van der Waals surface area contributed by atoms with Gasteiger partial charge in [0, 0.05) is 43.5 Å². The Kier molecular flexibility index (Phi) is 7.96. The minimum Gasteiger partial charge on any atom is -0.497 e. The average molecular weight is 589 g/mol. The molecule has 2 heterocycles. The van der Waals surface area contributed by atoms with Crippen LogP contribution in [0.1, 0.15) is 53.0 Å². The van der Waals surface area contributed by atoms with Crippen LogP contribution in [0.4, 0.5) is 10.1 Å². The number of rotatable bonds is 6. The van der Waals surface area contributed by atoms with E-state index in [0.717, 1.165) is 43.0 Å². The van der Waals surface area contributed by atoms with Crippen molar-refractivity contribution < 1.29 is 9.13 Å². The van der Waals surface area contributed by atoms with Gasteiger partial charge in [-0.25, -0.2) is 14.4 Å². The molecule has 2 bridgehead atoms. The van der Waals surface area contributed by atoms with Crippen molar-refractivity contribution in [1.82, 2.24) is 19.8 Å². The molecule has 43 heavy (non-hydrogen) atoms. The highest BCUT2D eigenvalue weighted by molar-refractivity contribution is 5.96. The minimum absolute atomic E-state index is 0.137. The number of hydrogen-bond donors (Lipinski definition) is 2. The average Bonchev–Trinajstić information content (AvgIpc) is 2.97. The first-order valence-electron chi connectivity index (χ1n) is 15.7. The SMILES string of the molecule is COc1ccc(CCn2cnc3cc(NC(=NC4CC5CC(C4C)C5(C)C)N4CC(C)NC(C)C4)ccc3c2=O)c(F)c1. The monoisotopic (exact) mass is 588 g/mol. The molecule has 6 unspecified atom stereocenters. The summed E-state index contributed by atoms with van der Waals surface area (Å²) in [7, 11) is 1.51. The molecule has 3 aromatic rings. The molecule has 0 spiro atoms. The molecule has 1 aliphatic heterocycles. The van der Waals surface area contributed by atoms with Crippen LogP contribution in [0.2, 0.25) is 0 Å². The predicted octanol–water partition coefficient (Wildman–Crippen LogP) is 5.31. The fourth-order valence-electron chi connectivity index (χ4n) is 7.77. The number of aromatic nitrogens is 2. The fourth-order valence-corrected chi connectivity index (χ4v) is 7.77. The van der Waals surface area contributed by atoms with Crippen molar-refractivity contribution in [1.29, 1.82) is 0 Å². The van der Waals surface area contributed by atoms with Gasteiger partial charge in [-0.3, -0.25) is 9.36 Å². The third-order valence-electron chi connectivity index (χ3n) is 10.4. The van der Waals surface area contributed by atoms with E-state index < -0.39 is 0 Å². The van der Waals surface area contributed by atoms with Gasteiger partial charge in [-0.05, 0) is 86.1 Å². The molecule has 7 rings (SSSR count). The normalized spacial score (nSPS) is 28.4. The Morgan fingerprint density at radius 2 is 1.91 bits per heavy atom. The lowest BCUT2D eigenvalue weighted by Crippen LogP contribution is -2.59. The van der Waals surface area contributed by atoms with E-state index in [1.807, 2.05) is 18.2 Å². The quantitative estimate of drug-likeness (QED) is 0.300. The minimum atomic E-state index is -0.342. The number of hydrogen-bond acceptors (Lipinski definition) is 5. The van der Waals surface area contributed by atoms with Crippen LogP contribution in [0.5, 0.6) is 5.75 Å². The predicted molar refractivity (Wildman–Crippen MR) is 170 cm³/mol. The molecule has 0 amide bonds. The number of benzene rings is 2. The standard InChI is InChI=1S/C34H45FN6O2/c1-20-17-41(18-21(2)37-20)33(39-30-14-24-13-28(22(30)3)34(24,4)5)38-25-8-10-27-31(15-25)36-19-40(32(27)42)12-11-23-7-9-26(43-6)16-29(23)35/h7-10,15-16,19-22,24,28,30,37H,11-14,17-18H2,1-6H3,(H,38,39). The Morgan fingerprint density at radius 1 is 1.14 bits per heavy atom. The molecule has 0 radical (unpaired) electrons. The maximum absolute atomic E-state index is 14.4. The summed E-state index contributed by atoms with van der Waals surface area (Å²) in [5.74, 6) is 3.03. The van der Waals surface area contributed by atoms with Gasteiger partial charge in [0.25, 0.3) is 5.56 Å². The van der Waals surface area contributed by atoms with Gasteiger partial charge < -0.3 is 20.3 Å². The molecular weight excluding hydrogens is 543 g/mol. The highest BCUT2D eigenvalue weighted by atomic mass is 19.1. The van der Waals surface area contributed by atoms with Crippen molar-refractivity contribution in [2.24, 2.45) is 28.2 Å². The van der Waals surface area contributed by atoms with Gasteiger partial charge in [-0.15, -0.1) is 0 Å². The second kappa shape index (κ2) is 11.6. The largest absolute Gasteiger partial charge is 0.497 e. The van der Waals surface area contributed by atoms with Gasteiger partial charge in [-0.1, -0.05) is 26.8 Å². The maximum Gasteiger partial charge on any atom is 0.261 e. The van der Waals surface area contributed by atoms with E-state index >= 15 is 0 Å². The number of anilines is 1. The van der Waals surface area contributed by atoms with Gasteiger partial charge in [0.1, 0.15) is 11.6 Å². The van der Waals surface area contributed by atoms with Gasteiger partial charge in [0.15, 0.2) is 5.96 Å². The Labute approximate surface area is 253 Å². The summed E-state index contributed by atoms with van der Waals surface area (Å²) in [4.78, 5) is 25.7. The van der Waals surface area contributed by atoms with Crippen molar-refractivity contribution in [3.63, 3.8) is 0 Å². The summed E-state index contributed by atoms with van der Waals surface area (Å²) in [5.41, 5.74) is 2.30. The molecule has 2 N–H and O–H groups in total. The Bertz CT molecular complexity index is 1570. The maximum atomic E-state index is 14.4. The van der Waals surface area contributed by atoms with E-state index in [1.54, 1.807) is 23.0 Å². The summed E-state index contributed by atoms with van der Waals surface area (Å²) >= 11 is 0. The Morgan fingerprint density at radius 3 is 2.58 bits per heavy atom. The van der Waals surface area contributed by atoms with E-state index in [4.69, 9.17) is 9.73 Å². The summed E-state index contributed by atoms with van der Waals surface area (Å²) in [6.45, 7) is 13.7. The third kappa shape index (κ3) is 5.76. The lowest BCUT2D eigenvalue weighted by molar-refractivity contribution is -0.108. The fraction of sp³-hybridized carbons (Fsp3) is 0.559. The Balaban J connectivity index is 1.23. The van der Waals surface area contributed by atoms with E-state index in [1.165, 1.54) is 19.6 Å². The third-order valence-corrected chi connectivity index (χ3v) is 10.4. The number of nitrogens with zero attached hydrogens (tertiary/aromatic N) is 4. The number of methoxy groups -OCH3 is 1. The molecule has 1 saturated heterocycles. The first kappa shape index (κ1) is 29.6. The molecule has 230 valence electrons. The summed E-state index contributed by atoms with van der Waals surface area (Å²) in [5, 5.41) is 7.81. The first-order chi connectivity index (χ1) is 20.5. The molecule has 8 nitrogen and oxygen atoms in total. The van der Waals surface area contributed by atoms with Crippen LogP contribution in [0.3, 0.4) is 0 Å². The van der Waals surface area contributed by atoms with Crippen LogP contribution in [-0.2, 0) is 13.0 Å². The molecule has 4 fully saturated rings. The van der Waals surface area contributed by atoms with Crippen molar-refractivity contribution >= 4 is 22.5 Å². The number of halogens is 1. The van der Waals surface area contributed by atoms with Gasteiger partial charge in [0.2, 0.25) is 0 Å². The topological polar surface area (TPSA) is 83.8 Å². The zero-order valence-corrected chi connectivity index (χ0v) is 26.2. The number of nitrogens with one attached hydrogen (secondary N) is 2. The van der Waals surface area contributed by atoms with Gasteiger partial charge >= 0.3 is 0 Å². The van der Waals surface area contributed by atoms with E-state index in [-0.39, 0.29) is 11.4 Å². The zero-order chi connectivity index (χ0) is 30.5. The van der Waals surface area contributed by atoms with E-state index in [9.17, 15) is 9.18 Å². The van der Waals surface area contributed by atoms with Crippen molar-refractivity contribution in [3.05, 3.63) is 64.5 Å². The summed E-state index contributed by atoms with van der Waals surface area (Å²) < 4.78 is 21.1. The van der Waals surface area contributed by atoms with Crippen LogP contribution >= 0.6 is 0 Å². The number of ether oxygens (including phenoxy) is 1. The smallest absolute Gasteiger partial charge is 0.261 e. The van der Waals surface area contributed by atoms with Crippen LogP contribution in [-0.4, -0.2) is 58.7 Å². The van der Waals surface area contributed by atoms with Crippen LogP contribution in [0.25, 0.3) is 10.9 Å². The molecule has 3 aliphatic carbocycles. The number of guanidine groups is 1. The molecule has 4 aliphatic rings. The molecule has 3 saturated carbocycles. The van der Waals surface area contributed by atoms with Crippen molar-refractivity contribution in [2.45, 2.75) is 78.6 Å². The lowest BCUT2D eigenvalue weighted by atomic mass is 9.45. The number of fused-ring (bicyclic) bond motifs is 3. The molecule has 9 heteroatoms. The highest BCUT2D eigenvalue weighted by Gasteiger charge is 2.56. The van der Waals surface area contributed by atoms with Gasteiger partial charge in [-0.2, -0.15) is 0 Å². The molecular formula is C34H45FN6O2. The Hall–Kier alpha value is -3.46. The van der Waals surface area contributed by atoms with Crippen molar-refractivity contribution in [3.8, 4) is 5.75 Å². The second-order valence-electron chi connectivity index (χ2n) is 13.7. The van der Waals surface area contributed by atoms with Crippen LogP contribution < -0.4 is 20.9 Å².